The summed E-state index contributed by atoms with van der Waals surface area (Å²) in [6, 6.07) is 20.7. The lowest BCUT2D eigenvalue weighted by Crippen LogP contribution is -2.40. The molecule has 0 fully saturated rings. The lowest BCUT2D eigenvalue weighted by atomic mass is 9.98. The summed E-state index contributed by atoms with van der Waals surface area (Å²) >= 11 is 0. The first-order chi connectivity index (χ1) is 16.1. The van der Waals surface area contributed by atoms with E-state index < -0.39 is 0 Å². The van der Waals surface area contributed by atoms with Gasteiger partial charge in [0.1, 0.15) is 11.5 Å². The van der Waals surface area contributed by atoms with Crippen LogP contribution in [0.5, 0.6) is 23.0 Å². The van der Waals surface area contributed by atoms with Crippen molar-refractivity contribution in [2.45, 2.75) is 25.8 Å². The molecule has 172 valence electrons. The van der Waals surface area contributed by atoms with Crippen molar-refractivity contribution in [3.63, 3.8) is 0 Å². The van der Waals surface area contributed by atoms with E-state index in [9.17, 15) is 4.79 Å². The standard InChI is InChI=1S/C26H28N2O5/c1-3-31-23-7-5-4-6-22(23)28-26(29)27-20(14-18-8-11-21(30-2)12-9-18)15-19-10-13-24-25(16-19)33-17-32-24/h4-13,16,20H,3,14-15,17H2,1-2H3,(H2,27,28,29)/t20-/m0/s1. The van der Waals surface area contributed by atoms with Crippen LogP contribution in [0.15, 0.2) is 66.7 Å². The quantitative estimate of drug-likeness (QED) is 0.492. The summed E-state index contributed by atoms with van der Waals surface area (Å²) in [5.74, 6) is 2.90. The van der Waals surface area contributed by atoms with Crippen LogP contribution in [-0.2, 0) is 12.8 Å². The fourth-order valence-electron chi connectivity index (χ4n) is 3.77. The molecule has 0 saturated carbocycles. The highest BCUT2D eigenvalue weighted by molar-refractivity contribution is 5.91. The number of benzene rings is 3. The van der Waals surface area contributed by atoms with Gasteiger partial charge in [-0.15, -0.1) is 0 Å². The van der Waals surface area contributed by atoms with Crippen molar-refractivity contribution < 1.29 is 23.7 Å². The lowest BCUT2D eigenvalue weighted by Gasteiger charge is -2.20. The molecule has 4 rings (SSSR count). The first kappa shape index (κ1) is 22.3. The van der Waals surface area contributed by atoms with E-state index in [4.69, 9.17) is 18.9 Å². The molecule has 3 aromatic carbocycles. The predicted molar refractivity (Wildman–Crippen MR) is 127 cm³/mol. The number of rotatable bonds is 9. The van der Waals surface area contributed by atoms with Crippen LogP contribution in [0.4, 0.5) is 10.5 Å². The highest BCUT2D eigenvalue weighted by Gasteiger charge is 2.18. The molecule has 0 aromatic heterocycles. The van der Waals surface area contributed by atoms with E-state index in [0.29, 0.717) is 30.9 Å². The highest BCUT2D eigenvalue weighted by atomic mass is 16.7. The van der Waals surface area contributed by atoms with E-state index in [0.717, 1.165) is 28.4 Å². The second kappa shape index (κ2) is 10.6. The number of carbonyl (C=O) groups excluding carboxylic acids is 1. The van der Waals surface area contributed by atoms with Crippen molar-refractivity contribution in [3.05, 3.63) is 77.9 Å². The molecule has 2 N–H and O–H groups in total. The fraction of sp³-hybridized carbons (Fsp3) is 0.269. The van der Waals surface area contributed by atoms with E-state index in [1.807, 2.05) is 73.7 Å². The number of para-hydroxylation sites is 2. The van der Waals surface area contributed by atoms with Crippen molar-refractivity contribution in [2.24, 2.45) is 0 Å². The minimum absolute atomic E-state index is 0.155. The van der Waals surface area contributed by atoms with Gasteiger partial charge in [0.05, 0.1) is 19.4 Å². The van der Waals surface area contributed by atoms with Crippen molar-refractivity contribution in [1.82, 2.24) is 5.32 Å². The van der Waals surface area contributed by atoms with Crippen molar-refractivity contribution in [1.29, 1.82) is 0 Å². The highest BCUT2D eigenvalue weighted by Crippen LogP contribution is 2.33. The zero-order valence-corrected chi connectivity index (χ0v) is 18.8. The number of amides is 2. The van der Waals surface area contributed by atoms with Crippen LogP contribution in [0.25, 0.3) is 0 Å². The van der Waals surface area contributed by atoms with Crippen LogP contribution >= 0.6 is 0 Å². The van der Waals surface area contributed by atoms with E-state index in [1.165, 1.54) is 0 Å². The smallest absolute Gasteiger partial charge is 0.319 e. The summed E-state index contributed by atoms with van der Waals surface area (Å²) in [5.41, 5.74) is 2.77. The summed E-state index contributed by atoms with van der Waals surface area (Å²) in [7, 11) is 1.64. The van der Waals surface area contributed by atoms with Crippen LogP contribution in [0.3, 0.4) is 0 Å². The molecule has 0 bridgehead atoms. The van der Waals surface area contributed by atoms with Gasteiger partial charge in [0.15, 0.2) is 11.5 Å². The maximum atomic E-state index is 12.9. The Morgan fingerprint density at radius 1 is 0.970 bits per heavy atom. The van der Waals surface area contributed by atoms with Crippen molar-refractivity contribution >= 4 is 11.7 Å². The van der Waals surface area contributed by atoms with Crippen molar-refractivity contribution in [2.75, 3.05) is 25.8 Å². The van der Waals surface area contributed by atoms with Gasteiger partial charge in [-0.3, -0.25) is 0 Å². The molecule has 3 aromatic rings. The Balaban J connectivity index is 1.49. The molecule has 7 heteroatoms. The van der Waals surface area contributed by atoms with Gasteiger partial charge in [0.25, 0.3) is 0 Å². The summed E-state index contributed by atoms with van der Waals surface area (Å²) in [6.45, 7) is 2.66. The summed E-state index contributed by atoms with van der Waals surface area (Å²) in [6.07, 6.45) is 1.28. The van der Waals surface area contributed by atoms with Crippen molar-refractivity contribution in [3.8, 4) is 23.0 Å². The molecule has 1 aliphatic heterocycles. The molecule has 7 nitrogen and oxygen atoms in total. The Morgan fingerprint density at radius 2 is 1.70 bits per heavy atom. The second-order valence-corrected chi connectivity index (χ2v) is 7.67. The summed E-state index contributed by atoms with van der Waals surface area (Å²) < 4.78 is 21.8. The maximum Gasteiger partial charge on any atom is 0.319 e. The van der Waals surface area contributed by atoms with Gasteiger partial charge in [-0.1, -0.05) is 30.3 Å². The van der Waals surface area contributed by atoms with E-state index >= 15 is 0 Å². The molecule has 0 saturated heterocycles. The molecule has 0 radical (unpaired) electrons. The van der Waals surface area contributed by atoms with Gasteiger partial charge in [-0.25, -0.2) is 4.79 Å². The third-order valence-electron chi connectivity index (χ3n) is 5.33. The maximum absolute atomic E-state index is 12.9. The first-order valence-corrected chi connectivity index (χ1v) is 11.0. The monoisotopic (exact) mass is 448 g/mol. The normalized spacial score (nSPS) is 12.7. The van der Waals surface area contributed by atoms with Crippen LogP contribution in [-0.4, -0.2) is 32.6 Å². The van der Waals surface area contributed by atoms with E-state index in [1.54, 1.807) is 7.11 Å². The van der Waals surface area contributed by atoms with E-state index in [2.05, 4.69) is 10.6 Å². The molecule has 2 amide bonds. The Morgan fingerprint density at radius 3 is 2.48 bits per heavy atom. The molecule has 1 heterocycles. The number of hydrogen-bond donors (Lipinski definition) is 2. The number of hydrogen-bond acceptors (Lipinski definition) is 5. The largest absolute Gasteiger partial charge is 0.497 e. The van der Waals surface area contributed by atoms with Gasteiger partial charge in [0, 0.05) is 6.04 Å². The molecule has 0 spiro atoms. The van der Waals surface area contributed by atoms with Crippen LogP contribution < -0.4 is 29.6 Å². The van der Waals surface area contributed by atoms with Crippen LogP contribution in [0.1, 0.15) is 18.1 Å². The van der Waals surface area contributed by atoms with E-state index in [-0.39, 0.29) is 18.9 Å². The zero-order valence-electron chi connectivity index (χ0n) is 18.8. The molecular formula is C26H28N2O5. The molecule has 1 aliphatic rings. The Kier molecular flexibility index (Phi) is 7.19. The SMILES string of the molecule is CCOc1ccccc1NC(=O)N[C@@H](Cc1ccc(OC)cc1)Cc1ccc2c(c1)OCO2. The van der Waals surface area contributed by atoms with Gasteiger partial charge >= 0.3 is 6.03 Å². The third-order valence-corrected chi connectivity index (χ3v) is 5.33. The Bertz CT molecular complexity index is 1080. The van der Waals surface area contributed by atoms with Crippen LogP contribution in [0.2, 0.25) is 0 Å². The lowest BCUT2D eigenvalue weighted by molar-refractivity contribution is 0.174. The number of methoxy groups -OCH3 is 1. The predicted octanol–water partition coefficient (Wildman–Crippen LogP) is 4.80. The molecule has 0 aliphatic carbocycles. The number of urea groups is 1. The zero-order chi connectivity index (χ0) is 23.0. The number of fused-ring (bicyclic) bond motifs is 1. The summed E-state index contributed by atoms with van der Waals surface area (Å²) in [4.78, 5) is 12.9. The van der Waals surface area contributed by atoms with Gasteiger partial charge in [0.2, 0.25) is 6.79 Å². The third kappa shape index (κ3) is 5.88. The average Bonchev–Trinajstić information content (AvgIpc) is 3.29. The molecule has 1 atom stereocenters. The Labute approximate surface area is 193 Å². The minimum atomic E-state index is -0.290. The Hall–Kier alpha value is -3.87. The number of ether oxygens (including phenoxy) is 4. The van der Waals surface area contributed by atoms with Gasteiger partial charge in [-0.05, 0) is 67.3 Å². The van der Waals surface area contributed by atoms with Gasteiger partial charge < -0.3 is 29.6 Å². The molecule has 33 heavy (non-hydrogen) atoms. The molecular weight excluding hydrogens is 420 g/mol. The second-order valence-electron chi connectivity index (χ2n) is 7.67. The summed E-state index contributed by atoms with van der Waals surface area (Å²) in [5, 5.41) is 6.04. The fourth-order valence-corrected chi connectivity index (χ4v) is 3.77. The number of anilines is 1. The average molecular weight is 449 g/mol. The topological polar surface area (TPSA) is 78.1 Å². The minimum Gasteiger partial charge on any atom is -0.497 e. The van der Waals surface area contributed by atoms with Crippen LogP contribution in [0, 0.1) is 0 Å². The first-order valence-electron chi connectivity index (χ1n) is 11.0. The number of nitrogens with one attached hydrogen (secondary N) is 2. The number of carbonyl (C=O) groups is 1. The molecule has 0 unspecified atom stereocenters. The van der Waals surface area contributed by atoms with Gasteiger partial charge in [-0.2, -0.15) is 0 Å².